The molecule has 268 valence electrons. The van der Waals surface area contributed by atoms with Crippen LogP contribution in [0.25, 0.3) is 5.69 Å². The van der Waals surface area contributed by atoms with Crippen molar-refractivity contribution in [2.24, 2.45) is 5.73 Å². The molecular weight excluding hydrogens is 727 g/mol. The van der Waals surface area contributed by atoms with E-state index in [4.69, 9.17) is 44.7 Å². The van der Waals surface area contributed by atoms with E-state index in [2.05, 4.69) is 51.5 Å². The monoisotopic (exact) mass is 762 g/mol. The summed E-state index contributed by atoms with van der Waals surface area (Å²) in [4.78, 5) is 41.6. The minimum Gasteiger partial charge on any atom is -0.480 e. The predicted octanol–water partition coefficient (Wildman–Crippen LogP) is 5.61. The molecule has 48 heavy (non-hydrogen) atoms. The summed E-state index contributed by atoms with van der Waals surface area (Å²) in [5, 5.41) is 28.9. The largest absolute Gasteiger partial charge is 0.480 e. The number of hydrogen-bond acceptors (Lipinski definition) is 13. The second-order valence-corrected chi connectivity index (χ2v) is 14.9. The van der Waals surface area contributed by atoms with Gasteiger partial charge in [-0.3, -0.25) is 19.5 Å². The highest BCUT2D eigenvalue weighted by atomic mass is 35.5. The van der Waals surface area contributed by atoms with Gasteiger partial charge in [-0.1, -0.05) is 35.0 Å². The number of hydrogen-bond donors (Lipinski definition) is 6. The van der Waals surface area contributed by atoms with Gasteiger partial charge in [0.25, 0.3) is 0 Å². The van der Waals surface area contributed by atoms with Crippen molar-refractivity contribution >= 4 is 71.7 Å². The van der Waals surface area contributed by atoms with Crippen LogP contribution in [-0.2, 0) is 15.5 Å². The quantitative estimate of drug-likeness (QED) is 0.0635. The minimum atomic E-state index is -4.63. The number of rotatable bonds is 10. The number of benzene rings is 1. The molecule has 23 heteroatoms. The summed E-state index contributed by atoms with van der Waals surface area (Å²) in [5.74, 6) is -0.307. The number of nitro groups is 1. The Bertz CT molecular complexity index is 1600. The van der Waals surface area contributed by atoms with E-state index in [1.807, 2.05) is 13.2 Å². The van der Waals surface area contributed by atoms with Crippen LogP contribution in [0.4, 0.5) is 36.6 Å². The topological polar surface area (TPSA) is 250 Å². The third-order valence-corrected chi connectivity index (χ3v) is 7.54. The van der Waals surface area contributed by atoms with Crippen LogP contribution < -0.4 is 22.1 Å². The molecule has 0 fully saturated rings. The molecule has 0 radical (unpaired) electrons. The maximum Gasteiger partial charge on any atom is 0.416 e. The summed E-state index contributed by atoms with van der Waals surface area (Å²) in [6, 6.07) is 0.237. The molecule has 0 aliphatic carbocycles. The number of anilines is 3. The number of nitrogens with one attached hydrogen (secondary N) is 2. The summed E-state index contributed by atoms with van der Waals surface area (Å²) in [6.45, 7) is 10.2. The zero-order valence-corrected chi connectivity index (χ0v) is 29.8. The van der Waals surface area contributed by atoms with Gasteiger partial charge in [0.05, 0.1) is 20.5 Å². The van der Waals surface area contributed by atoms with Gasteiger partial charge in [0.1, 0.15) is 17.9 Å². The van der Waals surface area contributed by atoms with Crippen molar-refractivity contribution in [3.05, 3.63) is 44.1 Å². The molecule has 16 nitrogen and oxygen atoms in total. The van der Waals surface area contributed by atoms with Gasteiger partial charge < -0.3 is 32.1 Å². The van der Waals surface area contributed by atoms with Crippen LogP contribution in [0, 0.1) is 10.1 Å². The van der Waals surface area contributed by atoms with Gasteiger partial charge in [0.15, 0.2) is 12.5 Å². The second kappa shape index (κ2) is 17.8. The molecule has 2 unspecified atom stereocenters. The number of carboxylic acid groups (broad SMARTS) is 1. The van der Waals surface area contributed by atoms with Crippen LogP contribution in [0.15, 0.2) is 23.5 Å². The Hall–Kier alpha value is -3.42. The van der Waals surface area contributed by atoms with Gasteiger partial charge in [-0.15, -0.1) is 0 Å². The maximum absolute atomic E-state index is 12.6. The first-order chi connectivity index (χ1) is 21.9. The number of aromatic nitrogens is 5. The number of aliphatic carboxylic acids is 1. The third kappa shape index (κ3) is 14.4. The Kier molecular flexibility index (Phi) is 15.8. The molecule has 3 aromatic rings. The van der Waals surface area contributed by atoms with Gasteiger partial charge in [-0.25, -0.2) is 4.68 Å². The molecule has 0 saturated carbocycles. The Labute approximate surface area is 287 Å². The fraction of sp³-hybridized carbons (Fsp3) is 0.480. The molecule has 2 heterocycles. The van der Waals surface area contributed by atoms with Crippen molar-refractivity contribution in [1.82, 2.24) is 24.7 Å². The van der Waals surface area contributed by atoms with E-state index in [0.29, 0.717) is 24.0 Å². The van der Waals surface area contributed by atoms with Gasteiger partial charge >= 0.3 is 17.8 Å². The number of carboxylic acids is 1. The van der Waals surface area contributed by atoms with Gasteiger partial charge in [0.2, 0.25) is 17.7 Å². The lowest BCUT2D eigenvalue weighted by atomic mass is 10.1. The Morgan fingerprint density at radius 3 is 2.12 bits per heavy atom. The molecule has 2 atom stereocenters. The summed E-state index contributed by atoms with van der Waals surface area (Å²) in [5.41, 5.74) is 8.82. The number of thioether (sulfide) groups is 1. The molecule has 1 aromatic carbocycles. The molecule has 0 aliphatic rings. The van der Waals surface area contributed by atoms with E-state index < -0.39 is 47.5 Å². The lowest BCUT2D eigenvalue weighted by Gasteiger charge is -2.20. The van der Waals surface area contributed by atoms with Gasteiger partial charge in [-0.05, 0) is 52.5 Å². The molecular formula is C25H36Cl2F3N10O6PS. The van der Waals surface area contributed by atoms with Crippen molar-refractivity contribution in [3.8, 4) is 5.69 Å². The number of nitrogens with two attached hydrogens (primary N) is 2. The van der Waals surface area contributed by atoms with Crippen molar-refractivity contribution < 1.29 is 37.5 Å². The zero-order chi connectivity index (χ0) is 37.2. The summed E-state index contributed by atoms with van der Waals surface area (Å²) in [6.07, 6.45) is -1.83. The maximum atomic E-state index is 12.6. The second-order valence-electron chi connectivity index (χ2n) is 10.8. The number of halogens is 5. The third-order valence-electron chi connectivity index (χ3n) is 5.33. The number of alkyl halides is 3. The van der Waals surface area contributed by atoms with E-state index in [1.54, 1.807) is 0 Å². The molecule has 0 amide bonds. The molecule has 0 saturated heterocycles. The molecule has 0 aliphatic heterocycles. The average Bonchev–Trinajstić information content (AvgIpc) is 3.31. The highest BCUT2D eigenvalue weighted by Crippen LogP contribution is 2.39. The Morgan fingerprint density at radius 1 is 1.19 bits per heavy atom. The summed E-state index contributed by atoms with van der Waals surface area (Å²) >= 11 is 13.0. The first-order valence-corrected chi connectivity index (χ1v) is 17.8. The minimum absolute atomic E-state index is 0.0412. The fourth-order valence-electron chi connectivity index (χ4n) is 3.18. The van der Waals surface area contributed by atoms with Gasteiger partial charge in [-0.2, -0.15) is 33.2 Å². The molecule has 0 spiro atoms. The van der Waals surface area contributed by atoms with Gasteiger partial charge in [0, 0.05) is 24.9 Å². The number of nitrogens with zero attached hydrogens (tertiary/aromatic N) is 6. The summed E-state index contributed by atoms with van der Waals surface area (Å²) in [7, 11) is -3.10. The van der Waals surface area contributed by atoms with Crippen LogP contribution >= 0.6 is 42.3 Å². The van der Waals surface area contributed by atoms with Crippen LogP contribution in [0.2, 0.25) is 10.0 Å². The van der Waals surface area contributed by atoms with E-state index in [9.17, 15) is 32.6 Å². The zero-order valence-electron chi connectivity index (χ0n) is 26.5. The van der Waals surface area contributed by atoms with Crippen molar-refractivity contribution in [3.63, 3.8) is 0 Å². The first kappa shape index (κ1) is 42.6. The van der Waals surface area contributed by atoms with E-state index in [0.717, 1.165) is 22.6 Å². The highest BCUT2D eigenvalue weighted by Gasteiger charge is 2.33. The van der Waals surface area contributed by atoms with Crippen molar-refractivity contribution in [2.75, 3.05) is 42.0 Å². The van der Waals surface area contributed by atoms with E-state index in [1.165, 1.54) is 18.4 Å². The Balaban J connectivity index is 0.000000380. The SMILES string of the molecule is CCNc1nc(NC(C)(C)C)nc(SC)n1.CP(=O)(O)CCC(N)C(=O)O.Nc1c([N+](=O)[O-])cnn1-c1c(Cl)cc(C(F)(F)F)cc1Cl. The molecule has 8 N–H and O–H groups in total. The van der Waals surface area contributed by atoms with Crippen LogP contribution in [0.5, 0.6) is 0 Å². The fourth-order valence-corrected chi connectivity index (χ4v) is 4.94. The predicted molar refractivity (Wildman–Crippen MR) is 180 cm³/mol. The first-order valence-electron chi connectivity index (χ1n) is 13.5. The van der Waals surface area contributed by atoms with Crippen molar-refractivity contribution in [1.29, 1.82) is 0 Å². The van der Waals surface area contributed by atoms with Crippen molar-refractivity contribution in [2.45, 2.75) is 57.0 Å². The lowest BCUT2D eigenvalue weighted by molar-refractivity contribution is -0.383. The molecule has 3 rings (SSSR count). The molecule has 2 aromatic heterocycles. The number of nitrogen functional groups attached to an aromatic ring is 1. The normalized spacial score (nSPS) is 13.2. The summed E-state index contributed by atoms with van der Waals surface area (Å²) < 4.78 is 49.3. The number of carbonyl (C=O) groups is 1. The van der Waals surface area contributed by atoms with E-state index >= 15 is 0 Å². The van der Waals surface area contributed by atoms with E-state index in [-0.39, 0.29) is 33.9 Å². The molecule has 0 bridgehead atoms. The van der Waals surface area contributed by atoms with Crippen LogP contribution in [-0.4, -0.2) is 82.8 Å². The average molecular weight is 764 g/mol. The van der Waals surface area contributed by atoms with Crippen LogP contribution in [0.1, 0.15) is 39.7 Å². The standard InChI is InChI=1S/C10H5Cl2F3N4O2.C10H19N5S.C5H12NO4P/c11-5-1-4(10(13,14)15)2-6(12)8(5)18-9(16)7(3-17-18)19(20)21;1-6-11-7-12-8(15-10(2,3)4)14-9(13-7)16-5;1-11(9,10)3-2-4(6)5(7)8/h1-3H,16H2;6H2,1-5H3,(H2,11,12,13,14,15);4H,2-3,6H2,1H3,(H,7,8)(H,9,10). The lowest BCUT2D eigenvalue weighted by Crippen LogP contribution is -2.30. The highest BCUT2D eigenvalue weighted by molar-refractivity contribution is 7.98. The van der Waals surface area contributed by atoms with Crippen LogP contribution in [0.3, 0.4) is 0 Å². The smallest absolute Gasteiger partial charge is 0.416 e. The Morgan fingerprint density at radius 2 is 1.73 bits per heavy atom.